The summed E-state index contributed by atoms with van der Waals surface area (Å²) in [7, 11) is 0. The highest BCUT2D eigenvalue weighted by atomic mass is 19.4. The maximum absolute atomic E-state index is 12.8. The molecule has 1 N–H and O–H groups in total. The zero-order chi connectivity index (χ0) is 16.4. The molecular formula is C14H14F3N5O. The van der Waals surface area contributed by atoms with Gasteiger partial charge in [0.15, 0.2) is 5.82 Å². The molecule has 3 heterocycles. The first kappa shape index (κ1) is 15.4. The van der Waals surface area contributed by atoms with Crippen LogP contribution in [0.15, 0.2) is 24.4 Å². The third-order valence-electron chi connectivity index (χ3n) is 3.80. The number of aromatic nitrogens is 4. The first-order valence-corrected chi connectivity index (χ1v) is 7.12. The molecule has 0 saturated carbocycles. The molecule has 2 aromatic heterocycles. The van der Waals surface area contributed by atoms with E-state index in [0.29, 0.717) is 11.6 Å². The van der Waals surface area contributed by atoms with E-state index >= 15 is 0 Å². The number of pyridine rings is 1. The number of nitrogens with zero attached hydrogens (tertiary/aromatic N) is 4. The van der Waals surface area contributed by atoms with Crippen molar-refractivity contribution in [1.29, 1.82) is 0 Å². The third-order valence-corrected chi connectivity index (χ3v) is 3.80. The van der Waals surface area contributed by atoms with Crippen LogP contribution < -0.4 is 5.32 Å². The lowest BCUT2D eigenvalue weighted by Gasteiger charge is -2.25. The molecular weight excluding hydrogens is 311 g/mol. The quantitative estimate of drug-likeness (QED) is 0.933. The van der Waals surface area contributed by atoms with Gasteiger partial charge in [0.2, 0.25) is 0 Å². The van der Waals surface area contributed by atoms with Gasteiger partial charge in [-0.05, 0) is 18.6 Å². The van der Waals surface area contributed by atoms with Gasteiger partial charge in [0, 0.05) is 19.2 Å². The van der Waals surface area contributed by atoms with E-state index in [2.05, 4.69) is 20.5 Å². The van der Waals surface area contributed by atoms with Gasteiger partial charge < -0.3 is 9.88 Å². The summed E-state index contributed by atoms with van der Waals surface area (Å²) in [6.45, 7) is 0.292. The smallest absolute Gasteiger partial charge is 0.343 e. The highest BCUT2D eigenvalue weighted by Crippen LogP contribution is 2.34. The molecule has 23 heavy (non-hydrogen) atoms. The lowest BCUT2D eigenvalue weighted by Crippen LogP contribution is -2.32. The molecule has 6 nitrogen and oxygen atoms in total. The number of carbonyl (C=O) groups excluding carboxylic acids is 1. The van der Waals surface area contributed by atoms with Gasteiger partial charge in [0.05, 0.1) is 12.5 Å². The van der Waals surface area contributed by atoms with E-state index in [4.69, 9.17) is 0 Å². The fraction of sp³-hybridized carbons (Fsp3) is 0.429. The van der Waals surface area contributed by atoms with Crippen molar-refractivity contribution in [2.45, 2.75) is 32.1 Å². The number of nitrogens with one attached hydrogen (secondary N) is 1. The van der Waals surface area contributed by atoms with Crippen LogP contribution in [0.25, 0.3) is 0 Å². The number of amides is 1. The number of halogens is 3. The molecule has 2 aromatic rings. The predicted octanol–water partition coefficient (Wildman–Crippen LogP) is 1.73. The Morgan fingerprint density at radius 3 is 2.87 bits per heavy atom. The molecule has 122 valence electrons. The summed E-state index contributed by atoms with van der Waals surface area (Å²) in [6, 6.07) is 4.96. The second-order valence-electron chi connectivity index (χ2n) is 5.31. The minimum absolute atomic E-state index is 0.00424. The van der Waals surface area contributed by atoms with Crippen LogP contribution in [0.5, 0.6) is 0 Å². The maximum atomic E-state index is 12.8. The highest BCUT2D eigenvalue weighted by molar-refractivity contribution is 5.92. The number of alkyl halides is 3. The Morgan fingerprint density at radius 1 is 1.35 bits per heavy atom. The van der Waals surface area contributed by atoms with Crippen molar-refractivity contribution in [2.24, 2.45) is 5.92 Å². The van der Waals surface area contributed by atoms with Crippen LogP contribution in [-0.2, 0) is 19.5 Å². The number of rotatable bonds is 3. The van der Waals surface area contributed by atoms with Crippen molar-refractivity contribution in [2.75, 3.05) is 0 Å². The Bertz CT molecular complexity index is 698. The van der Waals surface area contributed by atoms with E-state index in [0.717, 1.165) is 0 Å². The number of fused-ring (bicyclic) bond motifs is 1. The van der Waals surface area contributed by atoms with Gasteiger partial charge in [0.1, 0.15) is 11.5 Å². The van der Waals surface area contributed by atoms with Crippen molar-refractivity contribution in [3.8, 4) is 0 Å². The average molecular weight is 325 g/mol. The molecule has 3 rings (SSSR count). The van der Waals surface area contributed by atoms with E-state index in [1.165, 1.54) is 6.20 Å². The van der Waals surface area contributed by atoms with Gasteiger partial charge in [-0.1, -0.05) is 6.07 Å². The molecule has 0 aromatic carbocycles. The van der Waals surface area contributed by atoms with Gasteiger partial charge in [-0.25, -0.2) is 0 Å². The Hall–Kier alpha value is -2.45. The molecule has 0 spiro atoms. The van der Waals surface area contributed by atoms with Gasteiger partial charge in [0.25, 0.3) is 5.91 Å². The summed E-state index contributed by atoms with van der Waals surface area (Å²) in [5.41, 5.74) is 0.267. The summed E-state index contributed by atoms with van der Waals surface area (Å²) in [4.78, 5) is 15.8. The van der Waals surface area contributed by atoms with Crippen molar-refractivity contribution in [3.05, 3.63) is 41.7 Å². The molecule has 0 aliphatic carbocycles. The summed E-state index contributed by atoms with van der Waals surface area (Å²) in [6.07, 6.45) is -2.89. The molecule has 0 fully saturated rings. The second kappa shape index (κ2) is 5.98. The SMILES string of the molecule is O=C(NCc1nnc2n1CC[C@@H](C(F)(F)F)C2)c1ccccn1. The van der Waals surface area contributed by atoms with Crippen LogP contribution in [0, 0.1) is 5.92 Å². The van der Waals surface area contributed by atoms with Crippen LogP contribution in [0.1, 0.15) is 28.6 Å². The topological polar surface area (TPSA) is 72.7 Å². The monoisotopic (exact) mass is 325 g/mol. The van der Waals surface area contributed by atoms with E-state index in [1.54, 1.807) is 22.8 Å². The van der Waals surface area contributed by atoms with Crippen molar-refractivity contribution in [1.82, 2.24) is 25.1 Å². The standard InChI is InChI=1S/C14H14F3N5O/c15-14(16,17)9-4-6-22-11(7-9)20-21-12(22)8-19-13(23)10-3-1-2-5-18-10/h1-3,5,9H,4,6-8H2,(H,19,23)/t9-/m1/s1. The zero-order valence-electron chi connectivity index (χ0n) is 12.0. The molecule has 1 atom stereocenters. The molecule has 0 radical (unpaired) electrons. The van der Waals surface area contributed by atoms with Gasteiger partial charge in [-0.2, -0.15) is 13.2 Å². The molecule has 1 aliphatic rings. The van der Waals surface area contributed by atoms with E-state index < -0.39 is 12.1 Å². The molecule has 0 saturated heterocycles. The van der Waals surface area contributed by atoms with Crippen LogP contribution in [0.4, 0.5) is 13.2 Å². The van der Waals surface area contributed by atoms with Crippen molar-refractivity contribution in [3.63, 3.8) is 0 Å². The van der Waals surface area contributed by atoms with Gasteiger partial charge in [-0.3, -0.25) is 9.78 Å². The van der Waals surface area contributed by atoms with E-state index in [9.17, 15) is 18.0 Å². The maximum Gasteiger partial charge on any atom is 0.392 e. The Labute approximate surface area is 129 Å². The third kappa shape index (κ3) is 3.33. The largest absolute Gasteiger partial charge is 0.392 e. The fourth-order valence-corrected chi connectivity index (χ4v) is 2.55. The molecule has 1 aliphatic heterocycles. The number of hydrogen-bond acceptors (Lipinski definition) is 4. The number of carbonyl (C=O) groups is 1. The lowest BCUT2D eigenvalue weighted by atomic mass is 9.97. The van der Waals surface area contributed by atoms with E-state index in [-0.39, 0.29) is 37.5 Å². The molecule has 0 unspecified atom stereocenters. The highest BCUT2D eigenvalue weighted by Gasteiger charge is 2.42. The fourth-order valence-electron chi connectivity index (χ4n) is 2.55. The van der Waals surface area contributed by atoms with Crippen LogP contribution in [0.2, 0.25) is 0 Å². The summed E-state index contributed by atoms with van der Waals surface area (Å²) in [5, 5.41) is 10.4. The average Bonchev–Trinajstić information content (AvgIpc) is 2.95. The van der Waals surface area contributed by atoms with Crippen LogP contribution >= 0.6 is 0 Å². The molecule has 1 amide bonds. The van der Waals surface area contributed by atoms with Crippen LogP contribution in [-0.4, -0.2) is 31.8 Å². The minimum Gasteiger partial charge on any atom is -0.343 e. The number of hydrogen-bond donors (Lipinski definition) is 1. The summed E-state index contributed by atoms with van der Waals surface area (Å²) in [5.74, 6) is -0.993. The second-order valence-corrected chi connectivity index (χ2v) is 5.31. The Morgan fingerprint density at radius 2 is 2.17 bits per heavy atom. The van der Waals surface area contributed by atoms with Gasteiger partial charge in [-0.15, -0.1) is 10.2 Å². The van der Waals surface area contributed by atoms with Crippen LogP contribution in [0.3, 0.4) is 0 Å². The predicted molar refractivity (Wildman–Crippen MR) is 73.3 cm³/mol. The zero-order valence-corrected chi connectivity index (χ0v) is 12.0. The molecule has 9 heteroatoms. The van der Waals surface area contributed by atoms with Crippen molar-refractivity contribution >= 4 is 5.91 Å². The molecule has 0 bridgehead atoms. The normalized spacial score (nSPS) is 17.6. The van der Waals surface area contributed by atoms with E-state index in [1.807, 2.05) is 0 Å². The van der Waals surface area contributed by atoms with Crippen molar-refractivity contribution < 1.29 is 18.0 Å². The first-order valence-electron chi connectivity index (χ1n) is 7.12. The minimum atomic E-state index is -4.22. The lowest BCUT2D eigenvalue weighted by molar-refractivity contribution is -0.179. The summed E-state index contributed by atoms with van der Waals surface area (Å²) >= 11 is 0. The Kier molecular flexibility index (Phi) is 4.01. The first-order chi connectivity index (χ1) is 10.9. The summed E-state index contributed by atoms with van der Waals surface area (Å²) < 4.78 is 39.9. The van der Waals surface area contributed by atoms with Gasteiger partial charge >= 0.3 is 6.18 Å². The Balaban J connectivity index is 1.65.